The van der Waals surface area contributed by atoms with E-state index < -0.39 is 0 Å². The third-order valence-electron chi connectivity index (χ3n) is 4.33. The van der Waals surface area contributed by atoms with Crippen molar-refractivity contribution in [1.29, 1.82) is 0 Å². The predicted octanol–water partition coefficient (Wildman–Crippen LogP) is 4.04. The van der Waals surface area contributed by atoms with Crippen molar-refractivity contribution in [2.45, 2.75) is 65.1 Å². The molecule has 0 N–H and O–H groups in total. The van der Waals surface area contributed by atoms with Gasteiger partial charge in [-0.2, -0.15) is 0 Å². The third-order valence-corrected chi connectivity index (χ3v) is 4.33. The van der Waals surface area contributed by atoms with E-state index in [2.05, 4.69) is 32.9 Å². The number of ether oxygens (including phenoxy) is 2. The molecular formula is C18H28O3. The molecule has 3 heteroatoms. The van der Waals surface area contributed by atoms with Gasteiger partial charge in [-0.05, 0) is 44.9 Å². The number of hydrogen-bond acceptors (Lipinski definition) is 3. The lowest BCUT2D eigenvalue weighted by atomic mass is 9.88. The zero-order valence-corrected chi connectivity index (χ0v) is 13.5. The third kappa shape index (κ3) is 5.31. The minimum absolute atomic E-state index is 0.194. The van der Waals surface area contributed by atoms with Gasteiger partial charge < -0.3 is 9.47 Å². The van der Waals surface area contributed by atoms with E-state index in [1.165, 1.54) is 0 Å². The molecular weight excluding hydrogens is 264 g/mol. The van der Waals surface area contributed by atoms with Crippen LogP contribution < -0.4 is 0 Å². The lowest BCUT2D eigenvalue weighted by Crippen LogP contribution is -2.27. The van der Waals surface area contributed by atoms with Crippen molar-refractivity contribution in [1.82, 2.24) is 0 Å². The van der Waals surface area contributed by atoms with E-state index in [0.717, 1.165) is 37.7 Å². The Morgan fingerprint density at radius 3 is 2.95 bits per heavy atom. The molecule has 0 amide bonds. The summed E-state index contributed by atoms with van der Waals surface area (Å²) in [7, 11) is 0. The summed E-state index contributed by atoms with van der Waals surface area (Å²) in [6.45, 7) is 6.94. The highest BCUT2D eigenvalue weighted by Gasteiger charge is 2.22. The number of carbonyl (C=O) groups excluding carboxylic acids is 1. The van der Waals surface area contributed by atoms with Crippen LogP contribution in [0.1, 0.15) is 52.9 Å². The second kappa shape index (κ2) is 7.79. The van der Waals surface area contributed by atoms with Gasteiger partial charge in [0.2, 0.25) is 0 Å². The SMILES string of the molecule is CC[C@@H]1C/C(=C/C(=O)OCC2C=CCC(C)C2)CC(C)O1. The number of esters is 1. The molecule has 1 fully saturated rings. The molecule has 1 aliphatic carbocycles. The fourth-order valence-corrected chi connectivity index (χ4v) is 3.24. The maximum absolute atomic E-state index is 12.0. The van der Waals surface area contributed by atoms with Gasteiger partial charge in [-0.15, -0.1) is 0 Å². The van der Waals surface area contributed by atoms with E-state index in [0.29, 0.717) is 18.4 Å². The van der Waals surface area contributed by atoms with Crippen LogP contribution in [-0.2, 0) is 14.3 Å². The van der Waals surface area contributed by atoms with Crippen molar-refractivity contribution in [2.24, 2.45) is 11.8 Å². The van der Waals surface area contributed by atoms with E-state index in [1.54, 1.807) is 6.08 Å². The Bertz CT molecular complexity index is 411. The van der Waals surface area contributed by atoms with Gasteiger partial charge in [-0.25, -0.2) is 4.79 Å². The minimum atomic E-state index is -0.194. The van der Waals surface area contributed by atoms with Crippen molar-refractivity contribution in [3.05, 3.63) is 23.8 Å². The summed E-state index contributed by atoms with van der Waals surface area (Å²) in [5.74, 6) is 0.882. The fourth-order valence-electron chi connectivity index (χ4n) is 3.24. The fraction of sp³-hybridized carbons (Fsp3) is 0.722. The first-order valence-electron chi connectivity index (χ1n) is 8.25. The van der Waals surface area contributed by atoms with Gasteiger partial charge in [-0.3, -0.25) is 0 Å². The molecule has 4 atom stereocenters. The summed E-state index contributed by atoms with van der Waals surface area (Å²) < 4.78 is 11.2. The molecule has 0 aromatic carbocycles. The van der Waals surface area contributed by atoms with E-state index >= 15 is 0 Å². The first kappa shape index (κ1) is 16.3. The van der Waals surface area contributed by atoms with Crippen LogP contribution in [0.5, 0.6) is 0 Å². The van der Waals surface area contributed by atoms with Crippen molar-refractivity contribution < 1.29 is 14.3 Å². The second-order valence-corrected chi connectivity index (χ2v) is 6.58. The summed E-state index contributed by atoms with van der Waals surface area (Å²) in [5, 5.41) is 0. The molecule has 2 aliphatic rings. The maximum atomic E-state index is 12.0. The van der Waals surface area contributed by atoms with E-state index in [1.807, 2.05) is 0 Å². The largest absolute Gasteiger partial charge is 0.462 e. The molecule has 1 aliphatic heterocycles. The average molecular weight is 292 g/mol. The zero-order chi connectivity index (χ0) is 15.2. The predicted molar refractivity (Wildman–Crippen MR) is 83.9 cm³/mol. The van der Waals surface area contributed by atoms with Gasteiger partial charge >= 0.3 is 5.97 Å². The second-order valence-electron chi connectivity index (χ2n) is 6.58. The smallest absolute Gasteiger partial charge is 0.330 e. The molecule has 21 heavy (non-hydrogen) atoms. The Labute approximate surface area is 128 Å². The van der Waals surface area contributed by atoms with Crippen LogP contribution >= 0.6 is 0 Å². The van der Waals surface area contributed by atoms with Gasteiger partial charge in [0.05, 0.1) is 18.8 Å². The first-order valence-corrected chi connectivity index (χ1v) is 8.25. The normalized spacial score (nSPS) is 34.9. The lowest BCUT2D eigenvalue weighted by Gasteiger charge is -2.29. The molecule has 0 aromatic rings. The molecule has 1 saturated heterocycles. The zero-order valence-electron chi connectivity index (χ0n) is 13.5. The molecule has 0 radical (unpaired) electrons. The van der Waals surface area contributed by atoms with Crippen LogP contribution in [-0.4, -0.2) is 24.8 Å². The van der Waals surface area contributed by atoms with E-state index in [9.17, 15) is 4.79 Å². The molecule has 118 valence electrons. The first-order chi connectivity index (χ1) is 10.1. The highest BCUT2D eigenvalue weighted by Crippen LogP contribution is 2.26. The molecule has 3 unspecified atom stereocenters. The van der Waals surface area contributed by atoms with Crippen LogP contribution in [0.3, 0.4) is 0 Å². The highest BCUT2D eigenvalue weighted by molar-refractivity contribution is 5.82. The van der Waals surface area contributed by atoms with Crippen LogP contribution in [0.25, 0.3) is 0 Å². The van der Waals surface area contributed by atoms with Crippen LogP contribution in [0.15, 0.2) is 23.8 Å². The standard InChI is InChI=1S/C18H28O3/c1-4-17-10-16(9-14(3)21-17)11-18(19)20-12-15-7-5-6-13(2)8-15/h5,7,11,13-15,17H,4,6,8-10,12H2,1-3H3/b16-11+/t13?,14?,15?,17-/m1/s1. The van der Waals surface area contributed by atoms with Gasteiger partial charge in [0.25, 0.3) is 0 Å². The van der Waals surface area contributed by atoms with Crippen LogP contribution in [0.4, 0.5) is 0 Å². The summed E-state index contributed by atoms with van der Waals surface area (Å²) >= 11 is 0. The number of carbonyl (C=O) groups is 1. The van der Waals surface area contributed by atoms with Gasteiger partial charge in [0.1, 0.15) is 0 Å². The van der Waals surface area contributed by atoms with Crippen molar-refractivity contribution in [3.63, 3.8) is 0 Å². The monoisotopic (exact) mass is 292 g/mol. The molecule has 0 saturated carbocycles. The molecule has 3 nitrogen and oxygen atoms in total. The molecule has 0 bridgehead atoms. The van der Waals surface area contributed by atoms with Gasteiger partial charge in [0, 0.05) is 12.0 Å². The average Bonchev–Trinajstić information content (AvgIpc) is 2.44. The molecule has 2 rings (SSSR count). The maximum Gasteiger partial charge on any atom is 0.330 e. The minimum Gasteiger partial charge on any atom is -0.462 e. The summed E-state index contributed by atoms with van der Waals surface area (Å²) in [6.07, 6.45) is 11.5. The summed E-state index contributed by atoms with van der Waals surface area (Å²) in [6, 6.07) is 0. The Balaban J connectivity index is 1.81. The Morgan fingerprint density at radius 1 is 1.43 bits per heavy atom. The van der Waals surface area contributed by atoms with E-state index in [-0.39, 0.29) is 18.2 Å². The van der Waals surface area contributed by atoms with Gasteiger partial charge in [0.15, 0.2) is 0 Å². The number of allylic oxidation sites excluding steroid dienone is 1. The number of hydrogen-bond donors (Lipinski definition) is 0. The summed E-state index contributed by atoms with van der Waals surface area (Å²) in [4.78, 5) is 12.0. The summed E-state index contributed by atoms with van der Waals surface area (Å²) in [5.41, 5.74) is 1.16. The van der Waals surface area contributed by atoms with E-state index in [4.69, 9.17) is 9.47 Å². The van der Waals surface area contributed by atoms with Crippen molar-refractivity contribution in [3.8, 4) is 0 Å². The van der Waals surface area contributed by atoms with Crippen molar-refractivity contribution in [2.75, 3.05) is 6.61 Å². The van der Waals surface area contributed by atoms with Crippen LogP contribution in [0.2, 0.25) is 0 Å². The Kier molecular flexibility index (Phi) is 6.04. The molecule has 0 spiro atoms. The lowest BCUT2D eigenvalue weighted by molar-refractivity contribution is -0.139. The molecule has 0 aromatic heterocycles. The Morgan fingerprint density at radius 2 is 2.24 bits per heavy atom. The Hall–Kier alpha value is -1.09. The number of rotatable bonds is 4. The molecule has 1 heterocycles. The van der Waals surface area contributed by atoms with Gasteiger partial charge in [-0.1, -0.05) is 31.6 Å². The highest BCUT2D eigenvalue weighted by atomic mass is 16.5. The quantitative estimate of drug-likeness (QED) is 0.446. The van der Waals surface area contributed by atoms with Crippen molar-refractivity contribution >= 4 is 5.97 Å². The van der Waals surface area contributed by atoms with Crippen LogP contribution in [0, 0.1) is 11.8 Å². The topological polar surface area (TPSA) is 35.5 Å².